The first kappa shape index (κ1) is 16.8. The highest BCUT2D eigenvalue weighted by molar-refractivity contribution is 6.05. The number of ketones is 1. The number of methoxy groups -OCH3 is 1. The monoisotopic (exact) mass is 362 g/mol. The van der Waals surface area contributed by atoms with E-state index in [1.54, 1.807) is 41.1 Å². The molecule has 27 heavy (non-hydrogen) atoms. The average Bonchev–Trinajstić information content (AvgIpc) is 3.39. The summed E-state index contributed by atoms with van der Waals surface area (Å²) in [6.45, 7) is 0. The van der Waals surface area contributed by atoms with Gasteiger partial charge in [-0.25, -0.2) is 9.37 Å². The maximum absolute atomic E-state index is 14.4. The second-order valence-electron chi connectivity index (χ2n) is 5.84. The third-order valence-electron chi connectivity index (χ3n) is 4.19. The van der Waals surface area contributed by atoms with Crippen molar-refractivity contribution in [3.8, 4) is 22.6 Å². The topological polar surface area (TPSA) is 57.3 Å². The molecule has 0 unspecified atom stereocenters. The Hall–Kier alpha value is -3.67. The van der Waals surface area contributed by atoms with Crippen molar-refractivity contribution in [1.29, 1.82) is 0 Å². The van der Waals surface area contributed by atoms with E-state index in [4.69, 9.17) is 9.15 Å². The lowest BCUT2D eigenvalue weighted by Gasteiger charge is -2.11. The van der Waals surface area contributed by atoms with Gasteiger partial charge >= 0.3 is 0 Å². The molecule has 0 atom stereocenters. The van der Waals surface area contributed by atoms with E-state index in [0.717, 1.165) is 5.69 Å². The normalized spacial score (nSPS) is 10.7. The molecular weight excluding hydrogens is 347 g/mol. The Morgan fingerprint density at radius 2 is 2.00 bits per heavy atom. The molecule has 0 fully saturated rings. The molecule has 0 aliphatic rings. The summed E-state index contributed by atoms with van der Waals surface area (Å²) in [7, 11) is 1.50. The molecule has 0 aliphatic carbocycles. The standard InChI is InChI=1S/C21H15FN2O3/c1-26-18-8-3-7-16(22)20(18)14-5-2-6-15(11-14)24-12-17(23-13-24)21(25)19-9-4-10-27-19/h2-13H,1H3. The molecule has 0 aliphatic heterocycles. The number of imidazole rings is 1. The molecule has 6 heteroatoms. The molecule has 2 aromatic heterocycles. The number of hydrogen-bond acceptors (Lipinski definition) is 4. The van der Waals surface area contributed by atoms with Crippen molar-refractivity contribution in [2.24, 2.45) is 0 Å². The van der Waals surface area contributed by atoms with Crippen molar-refractivity contribution >= 4 is 5.78 Å². The fraction of sp³-hybridized carbons (Fsp3) is 0.0476. The first-order chi connectivity index (χ1) is 13.2. The van der Waals surface area contributed by atoms with Crippen molar-refractivity contribution < 1.29 is 18.3 Å². The maximum Gasteiger partial charge on any atom is 0.248 e. The lowest BCUT2D eigenvalue weighted by Crippen LogP contribution is -1.99. The van der Waals surface area contributed by atoms with Gasteiger partial charge in [-0.1, -0.05) is 18.2 Å². The second-order valence-corrected chi connectivity index (χ2v) is 5.84. The van der Waals surface area contributed by atoms with Crippen LogP contribution < -0.4 is 4.74 Å². The molecule has 2 heterocycles. The quantitative estimate of drug-likeness (QED) is 0.490. The summed E-state index contributed by atoms with van der Waals surface area (Å²) in [5.41, 5.74) is 2.05. The van der Waals surface area contributed by atoms with Crippen molar-refractivity contribution in [3.63, 3.8) is 0 Å². The van der Waals surface area contributed by atoms with Gasteiger partial charge in [0.1, 0.15) is 23.6 Å². The number of ether oxygens (including phenoxy) is 1. The highest BCUT2D eigenvalue weighted by atomic mass is 19.1. The average molecular weight is 362 g/mol. The zero-order valence-corrected chi connectivity index (χ0v) is 14.4. The minimum Gasteiger partial charge on any atom is -0.496 e. The van der Waals surface area contributed by atoms with Gasteiger partial charge in [0.25, 0.3) is 0 Å². The minimum atomic E-state index is -0.370. The Kier molecular flexibility index (Phi) is 4.30. The van der Waals surface area contributed by atoms with E-state index in [-0.39, 0.29) is 23.1 Å². The van der Waals surface area contributed by atoms with Crippen molar-refractivity contribution in [2.45, 2.75) is 0 Å². The maximum atomic E-state index is 14.4. The summed E-state index contributed by atoms with van der Waals surface area (Å²) >= 11 is 0. The van der Waals surface area contributed by atoms with E-state index in [9.17, 15) is 9.18 Å². The van der Waals surface area contributed by atoms with Crippen LogP contribution in [0.5, 0.6) is 5.75 Å². The van der Waals surface area contributed by atoms with E-state index >= 15 is 0 Å². The highest BCUT2D eigenvalue weighted by Gasteiger charge is 2.16. The number of aromatic nitrogens is 2. The first-order valence-corrected chi connectivity index (χ1v) is 8.23. The molecule has 0 saturated heterocycles. The molecular formula is C21H15FN2O3. The summed E-state index contributed by atoms with van der Waals surface area (Å²) in [4.78, 5) is 16.5. The SMILES string of the molecule is COc1cccc(F)c1-c1cccc(-n2cnc(C(=O)c3ccco3)c2)c1. The lowest BCUT2D eigenvalue weighted by atomic mass is 10.0. The first-order valence-electron chi connectivity index (χ1n) is 8.23. The summed E-state index contributed by atoms with van der Waals surface area (Å²) in [6, 6.07) is 15.2. The van der Waals surface area contributed by atoms with Gasteiger partial charge in [0.05, 0.1) is 18.9 Å². The molecule has 0 spiro atoms. The largest absolute Gasteiger partial charge is 0.496 e. The van der Waals surface area contributed by atoms with Gasteiger partial charge in [0.2, 0.25) is 5.78 Å². The summed E-state index contributed by atoms with van der Waals surface area (Å²) in [5.74, 6) is 0.00746. The minimum absolute atomic E-state index is 0.227. The van der Waals surface area contributed by atoms with Crippen molar-refractivity contribution in [1.82, 2.24) is 9.55 Å². The smallest absolute Gasteiger partial charge is 0.248 e. The van der Waals surface area contributed by atoms with Crippen LogP contribution in [-0.4, -0.2) is 22.4 Å². The number of hydrogen-bond donors (Lipinski definition) is 0. The lowest BCUT2D eigenvalue weighted by molar-refractivity contribution is 0.100. The molecule has 134 valence electrons. The van der Waals surface area contributed by atoms with Gasteiger partial charge in [-0.2, -0.15) is 0 Å². The molecule has 2 aromatic carbocycles. The zero-order valence-electron chi connectivity index (χ0n) is 14.4. The Morgan fingerprint density at radius 3 is 2.78 bits per heavy atom. The molecule has 0 amide bonds. The van der Waals surface area contributed by atoms with Gasteiger partial charge in [-0.15, -0.1) is 0 Å². The third-order valence-corrected chi connectivity index (χ3v) is 4.19. The molecule has 0 saturated carbocycles. The molecule has 4 rings (SSSR count). The Morgan fingerprint density at radius 1 is 1.15 bits per heavy atom. The number of carbonyl (C=O) groups excluding carboxylic acids is 1. The van der Waals surface area contributed by atoms with Crippen LogP contribution in [0, 0.1) is 5.82 Å². The Labute approximate surface area is 154 Å². The van der Waals surface area contributed by atoms with Crippen LogP contribution >= 0.6 is 0 Å². The van der Waals surface area contributed by atoms with Crippen molar-refractivity contribution in [2.75, 3.05) is 7.11 Å². The third kappa shape index (κ3) is 3.13. The van der Waals surface area contributed by atoms with Crippen LogP contribution in [0.1, 0.15) is 16.2 Å². The molecule has 0 radical (unpaired) electrons. The molecule has 0 N–H and O–H groups in total. The summed E-state index contributed by atoms with van der Waals surface area (Å²) in [6.07, 6.45) is 4.59. The predicted molar refractivity (Wildman–Crippen MR) is 97.7 cm³/mol. The van der Waals surface area contributed by atoms with E-state index in [0.29, 0.717) is 16.9 Å². The van der Waals surface area contributed by atoms with Crippen LogP contribution in [-0.2, 0) is 0 Å². The van der Waals surface area contributed by atoms with Gasteiger partial charge < -0.3 is 13.7 Å². The van der Waals surface area contributed by atoms with E-state index in [1.165, 1.54) is 25.8 Å². The Bertz CT molecular complexity index is 1100. The zero-order chi connectivity index (χ0) is 18.8. The van der Waals surface area contributed by atoms with E-state index in [1.807, 2.05) is 18.2 Å². The number of halogens is 1. The number of furan rings is 1. The Balaban J connectivity index is 1.71. The second kappa shape index (κ2) is 6.92. The van der Waals surface area contributed by atoms with Crippen LogP contribution in [0.4, 0.5) is 4.39 Å². The van der Waals surface area contributed by atoms with E-state index < -0.39 is 0 Å². The fourth-order valence-corrected chi connectivity index (χ4v) is 2.89. The number of benzene rings is 2. The van der Waals surface area contributed by atoms with Gasteiger partial charge in [-0.3, -0.25) is 4.79 Å². The van der Waals surface area contributed by atoms with Crippen LogP contribution in [0.2, 0.25) is 0 Å². The molecule has 5 nitrogen and oxygen atoms in total. The van der Waals surface area contributed by atoms with Crippen LogP contribution in [0.25, 0.3) is 16.8 Å². The number of carbonyl (C=O) groups is 1. The molecule has 0 bridgehead atoms. The summed E-state index contributed by atoms with van der Waals surface area (Å²) < 4.78 is 26.5. The van der Waals surface area contributed by atoms with Crippen LogP contribution in [0.15, 0.2) is 77.8 Å². The van der Waals surface area contributed by atoms with Crippen molar-refractivity contribution in [3.05, 3.63) is 90.7 Å². The number of nitrogens with zero attached hydrogens (tertiary/aromatic N) is 2. The summed E-state index contributed by atoms with van der Waals surface area (Å²) in [5, 5.41) is 0. The van der Waals surface area contributed by atoms with Crippen LogP contribution in [0.3, 0.4) is 0 Å². The highest BCUT2D eigenvalue weighted by Crippen LogP contribution is 2.33. The van der Waals surface area contributed by atoms with Gasteiger partial charge in [-0.05, 0) is 42.0 Å². The predicted octanol–water partition coefficient (Wildman–Crippen LogP) is 4.51. The number of rotatable bonds is 5. The fourth-order valence-electron chi connectivity index (χ4n) is 2.89. The van der Waals surface area contributed by atoms with Gasteiger partial charge in [0, 0.05) is 11.9 Å². The van der Waals surface area contributed by atoms with E-state index in [2.05, 4.69) is 4.98 Å². The van der Waals surface area contributed by atoms with Gasteiger partial charge in [0.15, 0.2) is 5.76 Å². The molecule has 4 aromatic rings.